The maximum Gasteiger partial charge on any atom is 0.323 e. The van der Waals surface area contributed by atoms with Crippen LogP contribution in [0, 0.1) is 0 Å². The summed E-state index contributed by atoms with van der Waals surface area (Å²) in [5.41, 5.74) is 2.91. The van der Waals surface area contributed by atoms with Crippen molar-refractivity contribution < 1.29 is 19.2 Å². The van der Waals surface area contributed by atoms with Crippen LogP contribution in [0.1, 0.15) is 28.8 Å². The molecule has 166 valence electrons. The molecule has 0 aliphatic carbocycles. The third-order valence-corrected chi connectivity index (χ3v) is 5.12. The molecule has 5 amide bonds. The van der Waals surface area contributed by atoms with Gasteiger partial charge in [-0.05, 0) is 48.0 Å². The zero-order valence-corrected chi connectivity index (χ0v) is 17.7. The normalized spacial score (nSPS) is 13.0. The highest BCUT2D eigenvalue weighted by Gasteiger charge is 2.28. The Morgan fingerprint density at radius 1 is 0.697 bits per heavy atom. The zero-order valence-electron chi connectivity index (χ0n) is 17.7. The van der Waals surface area contributed by atoms with Crippen molar-refractivity contribution in [2.24, 2.45) is 0 Å². The van der Waals surface area contributed by atoms with E-state index in [0.29, 0.717) is 22.6 Å². The standard InChI is InChI=1S/C25H22N4O4/c30-22-13-14-23(31)29(22)16-17-9-11-18(12-10-17)24(32)26-20-7-4-8-21(15-20)28-25(33)27-19-5-2-1-3-6-19/h1-12,15H,13-14,16H2,(H,26,32)(H2,27,28,33). The van der Waals surface area contributed by atoms with Gasteiger partial charge < -0.3 is 16.0 Å². The second-order valence-corrected chi connectivity index (χ2v) is 7.55. The van der Waals surface area contributed by atoms with Gasteiger partial charge in [0.2, 0.25) is 11.8 Å². The van der Waals surface area contributed by atoms with Crippen molar-refractivity contribution >= 4 is 40.8 Å². The Kier molecular flexibility index (Phi) is 6.45. The van der Waals surface area contributed by atoms with Crippen LogP contribution in [-0.2, 0) is 16.1 Å². The number of nitrogens with zero attached hydrogens (tertiary/aromatic N) is 1. The molecule has 0 unspecified atom stereocenters. The highest BCUT2D eigenvalue weighted by molar-refractivity contribution is 6.05. The predicted molar refractivity (Wildman–Crippen MR) is 125 cm³/mol. The van der Waals surface area contributed by atoms with Gasteiger partial charge in [0.25, 0.3) is 5.91 Å². The van der Waals surface area contributed by atoms with Crippen molar-refractivity contribution in [2.75, 3.05) is 16.0 Å². The first-order valence-corrected chi connectivity index (χ1v) is 10.4. The second kappa shape index (κ2) is 9.78. The number of imide groups is 1. The number of benzene rings is 3. The van der Waals surface area contributed by atoms with E-state index in [9.17, 15) is 19.2 Å². The number of urea groups is 1. The van der Waals surface area contributed by atoms with E-state index in [0.717, 1.165) is 5.56 Å². The van der Waals surface area contributed by atoms with Crippen molar-refractivity contribution in [1.29, 1.82) is 0 Å². The lowest BCUT2D eigenvalue weighted by Gasteiger charge is -2.14. The summed E-state index contributed by atoms with van der Waals surface area (Å²) in [6, 6.07) is 22.2. The molecule has 1 heterocycles. The molecule has 3 aromatic rings. The first kappa shape index (κ1) is 21.8. The number of likely N-dealkylation sites (tertiary alicyclic amines) is 1. The highest BCUT2D eigenvalue weighted by atomic mass is 16.2. The van der Waals surface area contributed by atoms with E-state index in [1.807, 2.05) is 18.2 Å². The molecule has 8 heteroatoms. The molecule has 4 rings (SSSR count). The molecule has 8 nitrogen and oxygen atoms in total. The van der Waals surface area contributed by atoms with Crippen LogP contribution >= 0.6 is 0 Å². The van der Waals surface area contributed by atoms with E-state index in [2.05, 4.69) is 16.0 Å². The summed E-state index contributed by atoms with van der Waals surface area (Å²) < 4.78 is 0. The van der Waals surface area contributed by atoms with Crippen LogP contribution in [-0.4, -0.2) is 28.7 Å². The van der Waals surface area contributed by atoms with E-state index in [1.165, 1.54) is 4.90 Å². The maximum absolute atomic E-state index is 12.6. The molecular formula is C25H22N4O4. The van der Waals surface area contributed by atoms with E-state index in [4.69, 9.17) is 0 Å². The van der Waals surface area contributed by atoms with Crippen LogP contribution in [0.25, 0.3) is 0 Å². The van der Waals surface area contributed by atoms with Crippen LogP contribution in [0.2, 0.25) is 0 Å². The van der Waals surface area contributed by atoms with Crippen LogP contribution in [0.4, 0.5) is 21.9 Å². The second-order valence-electron chi connectivity index (χ2n) is 7.55. The Balaban J connectivity index is 1.35. The molecule has 3 N–H and O–H groups in total. The van der Waals surface area contributed by atoms with Gasteiger partial charge in [0.05, 0.1) is 6.54 Å². The summed E-state index contributed by atoms with van der Waals surface area (Å²) in [5.74, 6) is -0.665. The largest absolute Gasteiger partial charge is 0.323 e. The van der Waals surface area contributed by atoms with Crippen molar-refractivity contribution in [1.82, 2.24) is 4.90 Å². The molecule has 0 aromatic heterocycles. The average Bonchev–Trinajstić information content (AvgIpc) is 3.12. The number of hydrogen-bond acceptors (Lipinski definition) is 4. The van der Waals surface area contributed by atoms with Gasteiger partial charge in [0.1, 0.15) is 0 Å². The molecule has 0 saturated carbocycles. The Labute approximate surface area is 190 Å². The monoisotopic (exact) mass is 442 g/mol. The molecular weight excluding hydrogens is 420 g/mol. The number of carbonyl (C=O) groups excluding carboxylic acids is 4. The number of para-hydroxylation sites is 1. The zero-order chi connectivity index (χ0) is 23.2. The summed E-state index contributed by atoms with van der Waals surface area (Å²) in [4.78, 5) is 49.6. The molecule has 0 radical (unpaired) electrons. The molecule has 33 heavy (non-hydrogen) atoms. The quantitative estimate of drug-likeness (QED) is 0.497. The van der Waals surface area contributed by atoms with Crippen LogP contribution in [0.15, 0.2) is 78.9 Å². The Morgan fingerprint density at radius 3 is 1.94 bits per heavy atom. The van der Waals surface area contributed by atoms with Gasteiger partial charge in [0.15, 0.2) is 0 Å². The molecule has 3 aromatic carbocycles. The van der Waals surface area contributed by atoms with Crippen LogP contribution in [0.5, 0.6) is 0 Å². The third kappa shape index (κ3) is 5.62. The van der Waals surface area contributed by atoms with E-state index < -0.39 is 6.03 Å². The summed E-state index contributed by atoms with van der Waals surface area (Å²) in [6.07, 6.45) is 0.502. The third-order valence-electron chi connectivity index (χ3n) is 5.12. The molecule has 1 fully saturated rings. The maximum atomic E-state index is 12.6. The number of hydrogen-bond donors (Lipinski definition) is 3. The Hall–Kier alpha value is -4.46. The van der Waals surface area contributed by atoms with E-state index in [-0.39, 0.29) is 37.1 Å². The molecule has 0 spiro atoms. The number of anilines is 3. The fourth-order valence-corrected chi connectivity index (χ4v) is 3.44. The minimum atomic E-state index is -0.393. The van der Waals surface area contributed by atoms with E-state index in [1.54, 1.807) is 60.7 Å². The lowest BCUT2D eigenvalue weighted by Crippen LogP contribution is -2.28. The summed E-state index contributed by atoms with van der Waals surface area (Å²) in [7, 11) is 0. The number of amides is 5. The van der Waals surface area contributed by atoms with Gasteiger partial charge in [-0.3, -0.25) is 19.3 Å². The van der Waals surface area contributed by atoms with Crippen LogP contribution < -0.4 is 16.0 Å². The SMILES string of the molecule is O=C(Nc1ccccc1)Nc1cccc(NC(=O)c2ccc(CN3C(=O)CCC3=O)cc2)c1. The van der Waals surface area contributed by atoms with Crippen molar-refractivity contribution in [3.8, 4) is 0 Å². The fourth-order valence-electron chi connectivity index (χ4n) is 3.44. The lowest BCUT2D eigenvalue weighted by atomic mass is 10.1. The molecule has 1 aliphatic heterocycles. The highest BCUT2D eigenvalue weighted by Crippen LogP contribution is 2.19. The fraction of sp³-hybridized carbons (Fsp3) is 0.120. The first-order chi connectivity index (χ1) is 16.0. The first-order valence-electron chi connectivity index (χ1n) is 10.4. The minimum absolute atomic E-state index is 0.173. The van der Waals surface area contributed by atoms with E-state index >= 15 is 0 Å². The Bertz CT molecular complexity index is 1180. The smallest absolute Gasteiger partial charge is 0.322 e. The van der Waals surface area contributed by atoms with Gasteiger partial charge >= 0.3 is 6.03 Å². The summed E-state index contributed by atoms with van der Waals surface area (Å²) in [6.45, 7) is 0.207. The van der Waals surface area contributed by atoms with Gasteiger partial charge in [-0.15, -0.1) is 0 Å². The molecule has 1 saturated heterocycles. The van der Waals surface area contributed by atoms with Crippen LogP contribution in [0.3, 0.4) is 0 Å². The summed E-state index contributed by atoms with van der Waals surface area (Å²) >= 11 is 0. The van der Waals surface area contributed by atoms with Crippen molar-refractivity contribution in [2.45, 2.75) is 19.4 Å². The van der Waals surface area contributed by atoms with Gasteiger partial charge in [0, 0.05) is 35.5 Å². The van der Waals surface area contributed by atoms with Gasteiger partial charge in [-0.1, -0.05) is 36.4 Å². The van der Waals surface area contributed by atoms with Crippen molar-refractivity contribution in [3.05, 3.63) is 90.0 Å². The number of rotatable bonds is 6. The lowest BCUT2D eigenvalue weighted by molar-refractivity contribution is -0.139. The average molecular weight is 442 g/mol. The molecule has 1 aliphatic rings. The van der Waals surface area contributed by atoms with Crippen molar-refractivity contribution in [3.63, 3.8) is 0 Å². The topological polar surface area (TPSA) is 108 Å². The summed E-state index contributed by atoms with van der Waals surface area (Å²) in [5, 5.41) is 8.26. The van der Waals surface area contributed by atoms with Gasteiger partial charge in [-0.2, -0.15) is 0 Å². The van der Waals surface area contributed by atoms with Gasteiger partial charge in [-0.25, -0.2) is 4.79 Å². The number of carbonyl (C=O) groups is 4. The molecule has 0 atom stereocenters. The minimum Gasteiger partial charge on any atom is -0.322 e. The number of nitrogens with one attached hydrogen (secondary N) is 3. The molecule has 0 bridgehead atoms. The predicted octanol–water partition coefficient (Wildman–Crippen LogP) is 4.23. The Morgan fingerprint density at radius 2 is 1.27 bits per heavy atom.